The lowest BCUT2D eigenvalue weighted by Gasteiger charge is -2.30. The number of aliphatic hydroxyl groups is 1. The zero-order chi connectivity index (χ0) is 30.6. The first-order valence-corrected chi connectivity index (χ1v) is 14.9. The summed E-state index contributed by atoms with van der Waals surface area (Å²) in [5.41, 5.74) is -4.25. The number of ether oxygens (including phenoxy) is 2. The van der Waals surface area contributed by atoms with E-state index in [1.807, 2.05) is 6.08 Å². The number of pyridine rings is 1. The molecule has 0 bridgehead atoms. The molecule has 0 saturated heterocycles. The third-order valence-electron chi connectivity index (χ3n) is 5.98. The van der Waals surface area contributed by atoms with E-state index in [2.05, 4.69) is 10.3 Å². The Bertz CT molecular complexity index is 1190. The maximum absolute atomic E-state index is 14.0. The average Bonchev–Trinajstić information content (AvgIpc) is 3.32. The largest absolute Gasteiger partial charge is 0.458 e. The summed E-state index contributed by atoms with van der Waals surface area (Å²) >= 11 is 0. The number of alkyl halides is 3. The van der Waals surface area contributed by atoms with Gasteiger partial charge in [-0.05, 0) is 84.4 Å². The molecule has 3 N–H and O–H groups in total. The van der Waals surface area contributed by atoms with Gasteiger partial charge < -0.3 is 19.9 Å². The summed E-state index contributed by atoms with van der Waals surface area (Å²) in [5.74, 6) is -2.24. The second-order valence-electron chi connectivity index (χ2n) is 11.9. The normalized spacial score (nSPS) is 18.2. The maximum Gasteiger partial charge on any atom is 0.423 e. The van der Waals surface area contributed by atoms with E-state index >= 15 is 0 Å². The molecule has 0 saturated carbocycles. The molecule has 0 spiro atoms. The van der Waals surface area contributed by atoms with Crippen LogP contribution in [0.3, 0.4) is 0 Å². The summed E-state index contributed by atoms with van der Waals surface area (Å²) < 4.78 is 73.8. The fourth-order valence-corrected chi connectivity index (χ4v) is 5.42. The molecule has 0 aliphatic heterocycles. The van der Waals surface area contributed by atoms with Gasteiger partial charge in [0.05, 0.1) is 5.69 Å². The second-order valence-corrected chi connectivity index (χ2v) is 14.3. The topological polar surface area (TPSA) is 139 Å². The average molecular weight is 592 g/mol. The van der Waals surface area contributed by atoms with Gasteiger partial charge in [-0.1, -0.05) is 12.1 Å². The Morgan fingerprint density at radius 3 is 2.20 bits per heavy atom. The van der Waals surface area contributed by atoms with Crippen molar-refractivity contribution in [2.45, 2.75) is 103 Å². The molecular weight excluding hydrogens is 551 g/mol. The molecule has 1 aromatic rings. The maximum atomic E-state index is 14.0. The number of hydrogen-bond acceptors (Lipinski definition) is 8. The minimum atomic E-state index is -5.15. The first kappa shape index (κ1) is 33.5. The van der Waals surface area contributed by atoms with Gasteiger partial charge in [0.1, 0.15) is 17.2 Å². The number of carbonyl (C=O) groups is 2. The van der Waals surface area contributed by atoms with E-state index in [1.54, 1.807) is 41.5 Å². The lowest BCUT2D eigenvalue weighted by molar-refractivity contribution is -0.268. The fraction of sp³-hybridized carbons (Fsp3) is 0.667. The molecule has 0 radical (unpaired) electrons. The molecule has 0 aromatic carbocycles. The van der Waals surface area contributed by atoms with Crippen molar-refractivity contribution in [2.24, 2.45) is 0 Å². The van der Waals surface area contributed by atoms with Gasteiger partial charge in [0.2, 0.25) is 5.60 Å². The minimum absolute atomic E-state index is 0.358. The van der Waals surface area contributed by atoms with E-state index in [9.17, 15) is 32.1 Å². The van der Waals surface area contributed by atoms with Crippen molar-refractivity contribution in [3.8, 4) is 0 Å². The minimum Gasteiger partial charge on any atom is -0.458 e. The summed E-state index contributed by atoms with van der Waals surface area (Å²) in [4.78, 5) is 28.8. The summed E-state index contributed by atoms with van der Waals surface area (Å²) in [6.45, 7) is 9.65. The van der Waals surface area contributed by atoms with Crippen molar-refractivity contribution in [3.63, 3.8) is 0 Å². The monoisotopic (exact) mass is 591 g/mol. The number of amides is 1. The van der Waals surface area contributed by atoms with Crippen LogP contribution in [0, 0.1) is 4.78 Å². The highest BCUT2D eigenvalue weighted by molar-refractivity contribution is 7.92. The van der Waals surface area contributed by atoms with Crippen molar-refractivity contribution in [1.82, 2.24) is 10.3 Å². The highest BCUT2D eigenvalue weighted by atomic mass is 32.2. The summed E-state index contributed by atoms with van der Waals surface area (Å²) in [6, 6.07) is 1.19. The number of rotatable bonds is 10. The van der Waals surface area contributed by atoms with Crippen molar-refractivity contribution < 1.29 is 41.5 Å². The number of nitrogens with one attached hydrogen (secondary N) is 2. The van der Waals surface area contributed by atoms with Gasteiger partial charge in [-0.3, -0.25) is 9.76 Å². The number of esters is 1. The Kier molecular flexibility index (Phi) is 10.4. The van der Waals surface area contributed by atoms with Crippen LogP contribution >= 0.6 is 0 Å². The van der Waals surface area contributed by atoms with Gasteiger partial charge in [-0.25, -0.2) is 13.8 Å². The standard InChI is InChI=1S/C27H40F3N3O6S/c1-24(2,3)38-22(34)20(33-23(35)39-25(4,5)6)13-15-40(31,37)16-14-26(36,27(28,29)30)21-12-11-19(17-32-21)18-9-7-8-10-18/h9,11-12,17,20,31,36H,7-8,10,13-16H2,1-6H3,(H,33,35)/t20-,26?,40?/m0/s1. The third kappa shape index (κ3) is 10.1. The first-order chi connectivity index (χ1) is 18.1. The van der Waals surface area contributed by atoms with E-state index in [0.29, 0.717) is 5.56 Å². The van der Waals surface area contributed by atoms with Crippen LogP contribution in [0.2, 0.25) is 0 Å². The number of nitrogens with zero attached hydrogens (tertiary/aromatic N) is 1. The van der Waals surface area contributed by atoms with Gasteiger partial charge in [0.15, 0.2) is 0 Å². The number of alkyl carbamates (subject to hydrolysis) is 1. The van der Waals surface area contributed by atoms with Crippen molar-refractivity contribution >= 4 is 27.4 Å². The van der Waals surface area contributed by atoms with Crippen LogP contribution in [0.15, 0.2) is 24.4 Å². The molecule has 1 aliphatic carbocycles. The van der Waals surface area contributed by atoms with Gasteiger partial charge in [0.25, 0.3) is 0 Å². The summed E-state index contributed by atoms with van der Waals surface area (Å²) in [7, 11) is -3.74. The van der Waals surface area contributed by atoms with Crippen molar-refractivity contribution in [1.29, 1.82) is 4.78 Å². The van der Waals surface area contributed by atoms with E-state index in [0.717, 1.165) is 30.9 Å². The number of aromatic nitrogens is 1. The van der Waals surface area contributed by atoms with Crippen LogP contribution in [-0.2, 0) is 29.6 Å². The van der Waals surface area contributed by atoms with Crippen molar-refractivity contribution in [2.75, 3.05) is 11.5 Å². The first-order valence-electron chi connectivity index (χ1n) is 13.0. The van der Waals surface area contributed by atoms with Gasteiger partial charge in [-0.2, -0.15) is 13.2 Å². The van der Waals surface area contributed by atoms with Crippen LogP contribution in [0.5, 0.6) is 0 Å². The summed E-state index contributed by atoms with van der Waals surface area (Å²) in [6.07, 6.45) is -1.66. The molecule has 1 aliphatic rings. The predicted molar refractivity (Wildman–Crippen MR) is 145 cm³/mol. The smallest absolute Gasteiger partial charge is 0.423 e. The zero-order valence-electron chi connectivity index (χ0n) is 23.8. The molecule has 3 atom stereocenters. The quantitative estimate of drug-likeness (QED) is 0.307. The van der Waals surface area contributed by atoms with Gasteiger partial charge >= 0.3 is 18.2 Å². The van der Waals surface area contributed by atoms with Gasteiger partial charge in [-0.15, -0.1) is 0 Å². The van der Waals surface area contributed by atoms with E-state index in [1.165, 1.54) is 12.3 Å². The second kappa shape index (κ2) is 12.5. The Hall–Kier alpha value is -2.67. The summed E-state index contributed by atoms with van der Waals surface area (Å²) in [5, 5.41) is 13.0. The highest BCUT2D eigenvalue weighted by Gasteiger charge is 2.56. The van der Waals surface area contributed by atoms with Crippen molar-refractivity contribution in [3.05, 3.63) is 35.7 Å². The molecule has 2 unspecified atom stereocenters. The molecule has 2 rings (SSSR count). The van der Waals surface area contributed by atoms with E-state index in [4.69, 9.17) is 14.3 Å². The third-order valence-corrected chi connectivity index (χ3v) is 7.74. The number of halogens is 3. The van der Waals surface area contributed by atoms with Crippen LogP contribution in [0.1, 0.15) is 84.9 Å². The number of allylic oxidation sites excluding steroid dienone is 2. The molecule has 1 aromatic heterocycles. The lowest BCUT2D eigenvalue weighted by atomic mass is 9.94. The Morgan fingerprint density at radius 1 is 1.10 bits per heavy atom. The van der Waals surface area contributed by atoms with Crippen LogP contribution in [0.25, 0.3) is 5.57 Å². The van der Waals surface area contributed by atoms with Gasteiger partial charge in [0, 0.05) is 33.9 Å². The number of carbonyl (C=O) groups excluding carboxylic acids is 2. The van der Waals surface area contributed by atoms with E-state index in [-0.39, 0.29) is 6.42 Å². The van der Waals surface area contributed by atoms with Crippen LogP contribution in [-0.4, -0.2) is 61.3 Å². The Balaban J connectivity index is 2.17. The molecule has 40 heavy (non-hydrogen) atoms. The molecule has 0 fully saturated rings. The zero-order valence-corrected chi connectivity index (χ0v) is 24.6. The fourth-order valence-electron chi connectivity index (χ4n) is 3.97. The molecule has 13 heteroatoms. The Morgan fingerprint density at radius 2 is 1.73 bits per heavy atom. The number of hydrogen-bond donors (Lipinski definition) is 3. The molecule has 1 heterocycles. The molecule has 1 amide bonds. The van der Waals surface area contributed by atoms with Crippen LogP contribution in [0.4, 0.5) is 18.0 Å². The lowest BCUT2D eigenvalue weighted by Crippen LogP contribution is -2.47. The van der Waals surface area contributed by atoms with Crippen LogP contribution < -0.4 is 5.32 Å². The SMILES string of the molecule is CC(C)(C)OC(=O)N[C@@H](CCS(=N)(=O)CCC(O)(c1ccc(C2=CCCC2)cn1)C(F)(F)F)C(=O)OC(C)(C)C. The predicted octanol–water partition coefficient (Wildman–Crippen LogP) is 5.46. The highest BCUT2D eigenvalue weighted by Crippen LogP contribution is 2.41. The molecular formula is C27H40F3N3O6S. The molecule has 226 valence electrons. The van der Waals surface area contributed by atoms with E-state index < -0.39 is 74.4 Å². The Labute approximate surface area is 233 Å². The molecule has 9 nitrogen and oxygen atoms in total.